The van der Waals surface area contributed by atoms with Crippen LogP contribution in [0.25, 0.3) is 0 Å². The summed E-state index contributed by atoms with van der Waals surface area (Å²) in [6, 6.07) is 12.8. The molecular formula is C24H30IN5O2. The Hall–Kier alpha value is -2.75. The molecule has 0 spiro atoms. The topological polar surface area (TPSA) is 63.9 Å². The van der Waals surface area contributed by atoms with E-state index in [-0.39, 0.29) is 24.0 Å². The van der Waals surface area contributed by atoms with Crippen molar-refractivity contribution in [1.29, 1.82) is 0 Å². The first-order valence-electron chi connectivity index (χ1n) is 10.4. The molecule has 7 nitrogen and oxygen atoms in total. The summed E-state index contributed by atoms with van der Waals surface area (Å²) in [5.74, 6) is 2.45. The number of hydrogen-bond donors (Lipinski definition) is 1. The number of rotatable bonds is 6. The molecular weight excluding hydrogens is 517 g/mol. The molecule has 0 amide bonds. The first-order chi connectivity index (χ1) is 15.2. The van der Waals surface area contributed by atoms with Crippen molar-refractivity contribution < 1.29 is 9.47 Å². The zero-order valence-corrected chi connectivity index (χ0v) is 21.1. The maximum absolute atomic E-state index is 5.48. The fourth-order valence-electron chi connectivity index (χ4n) is 4.01. The van der Waals surface area contributed by atoms with Crippen molar-refractivity contribution in [2.75, 3.05) is 27.8 Å². The molecule has 4 rings (SSSR count). The molecule has 0 unspecified atom stereocenters. The maximum Gasteiger partial charge on any atom is 0.194 e. The molecule has 0 aliphatic carbocycles. The normalized spacial score (nSPS) is 13.2. The van der Waals surface area contributed by atoms with Gasteiger partial charge in [0.05, 0.1) is 20.5 Å². The van der Waals surface area contributed by atoms with Gasteiger partial charge in [-0.1, -0.05) is 24.3 Å². The number of hydrogen-bond acceptors (Lipinski definition) is 4. The van der Waals surface area contributed by atoms with Gasteiger partial charge in [-0.3, -0.25) is 4.99 Å². The smallest absolute Gasteiger partial charge is 0.194 e. The van der Waals surface area contributed by atoms with Crippen molar-refractivity contribution in [2.45, 2.75) is 26.1 Å². The quantitative estimate of drug-likeness (QED) is 0.290. The van der Waals surface area contributed by atoms with Crippen LogP contribution in [0.4, 0.5) is 0 Å². The van der Waals surface area contributed by atoms with Crippen molar-refractivity contribution in [3.8, 4) is 11.5 Å². The van der Waals surface area contributed by atoms with Gasteiger partial charge in [-0.25, -0.2) is 4.98 Å². The Labute approximate surface area is 206 Å². The third-order valence-corrected chi connectivity index (χ3v) is 5.60. The molecule has 0 bridgehead atoms. The number of halogens is 1. The van der Waals surface area contributed by atoms with E-state index in [1.54, 1.807) is 20.4 Å². The fourth-order valence-corrected chi connectivity index (χ4v) is 4.01. The molecule has 170 valence electrons. The zero-order chi connectivity index (χ0) is 21.6. The second-order valence-corrected chi connectivity index (χ2v) is 7.60. The zero-order valence-electron chi connectivity index (χ0n) is 18.7. The van der Waals surface area contributed by atoms with E-state index in [4.69, 9.17) is 9.47 Å². The van der Waals surface area contributed by atoms with Crippen LogP contribution in [0.3, 0.4) is 0 Å². The lowest BCUT2D eigenvalue weighted by Gasteiger charge is -2.32. The molecule has 0 saturated carbocycles. The minimum atomic E-state index is 0. The summed E-state index contributed by atoms with van der Waals surface area (Å²) in [5.41, 5.74) is 5.02. The number of nitrogens with zero attached hydrogens (tertiary/aromatic N) is 4. The van der Waals surface area contributed by atoms with Gasteiger partial charge in [-0.15, -0.1) is 24.0 Å². The molecule has 0 saturated heterocycles. The summed E-state index contributed by atoms with van der Waals surface area (Å²) in [7, 11) is 5.18. The predicted molar refractivity (Wildman–Crippen MR) is 137 cm³/mol. The summed E-state index contributed by atoms with van der Waals surface area (Å²) in [4.78, 5) is 10.9. The van der Waals surface area contributed by atoms with Crippen LogP contribution in [-0.2, 0) is 26.1 Å². The Bertz CT molecular complexity index is 1050. The lowest BCUT2D eigenvalue weighted by molar-refractivity contribution is 0.346. The number of nitrogens with one attached hydrogen (secondary N) is 1. The van der Waals surface area contributed by atoms with E-state index in [2.05, 4.69) is 61.2 Å². The maximum atomic E-state index is 5.48. The molecule has 1 aromatic heterocycles. The monoisotopic (exact) mass is 547 g/mol. The second-order valence-electron chi connectivity index (χ2n) is 7.60. The van der Waals surface area contributed by atoms with E-state index >= 15 is 0 Å². The van der Waals surface area contributed by atoms with Crippen LogP contribution in [0.5, 0.6) is 11.5 Å². The summed E-state index contributed by atoms with van der Waals surface area (Å²) in [5, 5.41) is 3.52. The Morgan fingerprint density at radius 1 is 1.09 bits per heavy atom. The largest absolute Gasteiger partial charge is 0.493 e. The Balaban J connectivity index is 0.00000289. The molecule has 1 N–H and O–H groups in total. The highest BCUT2D eigenvalue weighted by Crippen LogP contribution is 2.33. The van der Waals surface area contributed by atoms with E-state index in [1.807, 2.05) is 19.6 Å². The molecule has 2 heterocycles. The molecule has 0 radical (unpaired) electrons. The van der Waals surface area contributed by atoms with Crippen LogP contribution in [0.1, 0.15) is 22.3 Å². The average Bonchev–Trinajstić information content (AvgIpc) is 3.31. The van der Waals surface area contributed by atoms with Crippen LogP contribution < -0.4 is 14.8 Å². The number of benzene rings is 2. The molecule has 8 heteroatoms. The number of aliphatic imine (C=N–C) groups is 1. The van der Waals surface area contributed by atoms with Crippen LogP contribution in [-0.4, -0.2) is 48.2 Å². The van der Waals surface area contributed by atoms with Crippen LogP contribution >= 0.6 is 24.0 Å². The molecule has 0 atom stereocenters. The summed E-state index contributed by atoms with van der Waals surface area (Å²) in [6.07, 6.45) is 6.56. The SMILES string of the molecule is CN=C(NCc1cccc(Cn2ccnc2)c1)N1CCc2cc(OC)c(OC)cc2C1.I. The second kappa shape index (κ2) is 11.2. The summed E-state index contributed by atoms with van der Waals surface area (Å²) in [6.45, 7) is 3.23. The first-order valence-corrected chi connectivity index (χ1v) is 10.4. The van der Waals surface area contributed by atoms with Crippen LogP contribution in [0, 0.1) is 0 Å². The first kappa shape index (κ1) is 23.9. The molecule has 1 aliphatic rings. The highest BCUT2D eigenvalue weighted by Gasteiger charge is 2.21. The van der Waals surface area contributed by atoms with Gasteiger partial charge in [0.25, 0.3) is 0 Å². The summed E-state index contributed by atoms with van der Waals surface area (Å²) < 4.78 is 13.0. The standard InChI is InChI=1S/C24H29N5O2.HI/c1-25-24(27-14-18-5-4-6-19(11-18)15-28-10-8-26-17-28)29-9-7-20-12-22(30-2)23(31-3)13-21(20)16-29;/h4-6,8,10-13,17H,7,9,14-16H2,1-3H3,(H,25,27);1H. The molecule has 2 aromatic carbocycles. The van der Waals surface area contributed by atoms with Gasteiger partial charge in [-0.05, 0) is 40.8 Å². The number of fused-ring (bicyclic) bond motifs is 1. The third kappa shape index (κ3) is 5.53. The molecule has 32 heavy (non-hydrogen) atoms. The van der Waals surface area contributed by atoms with Crippen molar-refractivity contribution in [3.05, 3.63) is 77.4 Å². The van der Waals surface area contributed by atoms with Crippen LogP contribution in [0.2, 0.25) is 0 Å². The molecule has 0 fully saturated rings. The van der Waals surface area contributed by atoms with E-state index in [1.165, 1.54) is 22.3 Å². The Morgan fingerprint density at radius 3 is 2.53 bits per heavy atom. The van der Waals surface area contributed by atoms with Gasteiger partial charge < -0.3 is 24.3 Å². The van der Waals surface area contributed by atoms with Gasteiger partial charge in [0.1, 0.15) is 0 Å². The fraction of sp³-hybridized carbons (Fsp3) is 0.333. The molecule has 1 aliphatic heterocycles. The number of ether oxygens (including phenoxy) is 2. The number of imidazole rings is 1. The van der Waals surface area contributed by atoms with E-state index in [0.717, 1.165) is 50.1 Å². The van der Waals surface area contributed by atoms with Crippen molar-refractivity contribution >= 4 is 29.9 Å². The van der Waals surface area contributed by atoms with E-state index in [9.17, 15) is 0 Å². The van der Waals surface area contributed by atoms with Gasteiger partial charge >= 0.3 is 0 Å². The lowest BCUT2D eigenvalue weighted by Crippen LogP contribution is -2.43. The minimum Gasteiger partial charge on any atom is -0.493 e. The number of methoxy groups -OCH3 is 2. The van der Waals surface area contributed by atoms with Crippen molar-refractivity contribution in [3.63, 3.8) is 0 Å². The van der Waals surface area contributed by atoms with Crippen molar-refractivity contribution in [1.82, 2.24) is 19.8 Å². The molecule has 3 aromatic rings. The van der Waals surface area contributed by atoms with E-state index in [0.29, 0.717) is 0 Å². The van der Waals surface area contributed by atoms with Gasteiger partial charge in [0.2, 0.25) is 0 Å². The van der Waals surface area contributed by atoms with Crippen molar-refractivity contribution in [2.24, 2.45) is 4.99 Å². The highest BCUT2D eigenvalue weighted by molar-refractivity contribution is 14.0. The Morgan fingerprint density at radius 2 is 1.84 bits per heavy atom. The van der Waals surface area contributed by atoms with Gasteiger partial charge in [0.15, 0.2) is 17.5 Å². The minimum absolute atomic E-state index is 0. The highest BCUT2D eigenvalue weighted by atomic mass is 127. The predicted octanol–water partition coefficient (Wildman–Crippen LogP) is 3.70. The number of aromatic nitrogens is 2. The van der Waals surface area contributed by atoms with E-state index < -0.39 is 0 Å². The van der Waals surface area contributed by atoms with Crippen LogP contribution in [0.15, 0.2) is 60.1 Å². The van der Waals surface area contributed by atoms with Gasteiger partial charge in [0, 0.05) is 45.6 Å². The van der Waals surface area contributed by atoms with Gasteiger partial charge in [-0.2, -0.15) is 0 Å². The lowest BCUT2D eigenvalue weighted by atomic mass is 9.99. The third-order valence-electron chi connectivity index (χ3n) is 5.60. The average molecular weight is 547 g/mol. The summed E-state index contributed by atoms with van der Waals surface area (Å²) >= 11 is 0. The number of guanidine groups is 1. The Kier molecular flexibility index (Phi) is 8.38.